The van der Waals surface area contributed by atoms with Gasteiger partial charge in [-0.15, -0.1) is 0 Å². The van der Waals surface area contributed by atoms with Crippen LogP contribution in [-0.2, 0) is 7.05 Å². The molecular weight excluding hydrogens is 262 g/mol. The van der Waals surface area contributed by atoms with Gasteiger partial charge in [0, 0.05) is 12.4 Å². The minimum absolute atomic E-state index is 0.151. The largest absolute Gasteiger partial charge is 0.478 e. The second-order valence-electron chi connectivity index (χ2n) is 3.21. The van der Waals surface area contributed by atoms with Gasteiger partial charge in [-0.3, -0.25) is 4.68 Å². The Morgan fingerprint density at radius 3 is 2.87 bits per heavy atom. The lowest BCUT2D eigenvalue weighted by Crippen LogP contribution is -2.00. The summed E-state index contributed by atoms with van der Waals surface area (Å²) in [5.74, 6) is -1.00. The quantitative estimate of drug-likeness (QED) is 0.801. The number of aromatic nitrogens is 3. The molecule has 0 bridgehead atoms. The summed E-state index contributed by atoms with van der Waals surface area (Å²) in [5.41, 5.74) is 1.60. The zero-order valence-electron chi connectivity index (χ0n) is 8.15. The van der Waals surface area contributed by atoms with Gasteiger partial charge in [-0.25, -0.2) is 9.78 Å². The Morgan fingerprint density at radius 2 is 2.27 bits per heavy atom. The Morgan fingerprint density at radius 1 is 1.60 bits per heavy atom. The average Bonchev–Trinajstić information content (AvgIpc) is 2.41. The van der Waals surface area contributed by atoms with E-state index in [1.807, 2.05) is 6.92 Å². The zero-order chi connectivity index (χ0) is 11.2. The van der Waals surface area contributed by atoms with Crippen molar-refractivity contribution in [3.8, 4) is 0 Å². The highest BCUT2D eigenvalue weighted by atomic mass is 79.9. The van der Waals surface area contributed by atoms with E-state index in [1.165, 1.54) is 0 Å². The number of carboxylic acids is 1. The van der Waals surface area contributed by atoms with E-state index < -0.39 is 5.97 Å². The number of rotatable bonds is 1. The number of nitrogens with zero attached hydrogens (tertiary/aromatic N) is 3. The van der Waals surface area contributed by atoms with E-state index in [0.29, 0.717) is 10.3 Å². The summed E-state index contributed by atoms with van der Waals surface area (Å²) < 4.78 is 1.95. The van der Waals surface area contributed by atoms with Crippen LogP contribution in [0.1, 0.15) is 16.1 Å². The normalized spacial score (nSPS) is 10.9. The lowest BCUT2D eigenvalue weighted by molar-refractivity contribution is 0.0695. The molecule has 0 aliphatic heterocycles. The van der Waals surface area contributed by atoms with Crippen LogP contribution in [0.5, 0.6) is 0 Å². The van der Waals surface area contributed by atoms with E-state index in [9.17, 15) is 4.79 Å². The zero-order valence-corrected chi connectivity index (χ0v) is 9.74. The molecule has 2 rings (SSSR count). The number of aromatic carboxylic acids is 1. The third-order valence-corrected chi connectivity index (χ3v) is 2.79. The predicted octanol–water partition coefficient (Wildman–Crippen LogP) is 1.74. The number of hydrogen-bond donors (Lipinski definition) is 1. The predicted molar refractivity (Wildman–Crippen MR) is 57.9 cm³/mol. The Bertz CT molecular complexity index is 562. The van der Waals surface area contributed by atoms with Gasteiger partial charge in [0.25, 0.3) is 0 Å². The molecule has 2 aromatic heterocycles. The molecule has 0 aromatic carbocycles. The molecule has 6 heteroatoms. The molecule has 0 saturated heterocycles. The molecule has 0 radical (unpaired) electrons. The molecule has 0 saturated carbocycles. The monoisotopic (exact) mass is 269 g/mol. The fourth-order valence-electron chi connectivity index (χ4n) is 1.47. The summed E-state index contributed by atoms with van der Waals surface area (Å²) in [6.45, 7) is 1.82. The molecule has 15 heavy (non-hydrogen) atoms. The van der Waals surface area contributed by atoms with E-state index in [1.54, 1.807) is 17.8 Å². The minimum atomic E-state index is -1.00. The van der Waals surface area contributed by atoms with E-state index in [2.05, 4.69) is 26.0 Å². The van der Waals surface area contributed by atoms with Crippen molar-refractivity contribution >= 4 is 32.9 Å². The highest BCUT2D eigenvalue weighted by molar-refractivity contribution is 9.10. The standard InChI is InChI=1S/C9H8BrN3O2/c1-4-5-3-6(9(14)15)7(10)11-8(5)13(2)12-4/h3H,1-2H3,(H,14,15). The molecule has 0 amide bonds. The number of carboxylic acid groups (broad SMARTS) is 1. The molecule has 78 valence electrons. The highest BCUT2D eigenvalue weighted by Crippen LogP contribution is 2.22. The fourth-order valence-corrected chi connectivity index (χ4v) is 1.92. The first-order valence-corrected chi connectivity index (χ1v) is 5.03. The Hall–Kier alpha value is -1.43. The van der Waals surface area contributed by atoms with Crippen molar-refractivity contribution in [3.05, 3.63) is 21.9 Å². The van der Waals surface area contributed by atoms with Gasteiger partial charge in [0.15, 0.2) is 5.65 Å². The maximum Gasteiger partial charge on any atom is 0.338 e. The second-order valence-corrected chi connectivity index (χ2v) is 3.96. The molecule has 0 aliphatic carbocycles. The number of pyridine rings is 1. The summed E-state index contributed by atoms with van der Waals surface area (Å²) in [7, 11) is 1.77. The summed E-state index contributed by atoms with van der Waals surface area (Å²) in [4.78, 5) is 15.0. The van der Waals surface area contributed by atoms with Crippen LogP contribution in [0.4, 0.5) is 0 Å². The van der Waals surface area contributed by atoms with Crippen LogP contribution in [-0.4, -0.2) is 25.8 Å². The number of carbonyl (C=O) groups is 1. The van der Waals surface area contributed by atoms with Gasteiger partial charge >= 0.3 is 5.97 Å². The average molecular weight is 270 g/mol. The molecule has 0 aliphatic rings. The lowest BCUT2D eigenvalue weighted by Gasteiger charge is -1.99. The van der Waals surface area contributed by atoms with Crippen LogP contribution in [0, 0.1) is 6.92 Å². The minimum Gasteiger partial charge on any atom is -0.478 e. The molecule has 2 heterocycles. The Labute approximate surface area is 93.9 Å². The van der Waals surface area contributed by atoms with Crippen LogP contribution in [0.25, 0.3) is 11.0 Å². The molecule has 0 unspecified atom stereocenters. The lowest BCUT2D eigenvalue weighted by atomic mass is 10.2. The second kappa shape index (κ2) is 3.30. The summed E-state index contributed by atoms with van der Waals surface area (Å²) in [6, 6.07) is 1.58. The van der Waals surface area contributed by atoms with Gasteiger partial charge < -0.3 is 5.11 Å². The van der Waals surface area contributed by atoms with Crippen molar-refractivity contribution < 1.29 is 9.90 Å². The fraction of sp³-hybridized carbons (Fsp3) is 0.222. The van der Waals surface area contributed by atoms with Gasteiger partial charge in [-0.2, -0.15) is 5.10 Å². The first-order chi connectivity index (χ1) is 7.00. The van der Waals surface area contributed by atoms with Gasteiger partial charge in [-0.1, -0.05) is 0 Å². The van der Waals surface area contributed by atoms with Crippen LogP contribution >= 0.6 is 15.9 Å². The van der Waals surface area contributed by atoms with E-state index in [4.69, 9.17) is 5.11 Å². The third-order valence-electron chi connectivity index (χ3n) is 2.18. The van der Waals surface area contributed by atoms with Crippen molar-refractivity contribution in [2.24, 2.45) is 7.05 Å². The molecule has 0 spiro atoms. The van der Waals surface area contributed by atoms with Crippen LogP contribution in [0.15, 0.2) is 10.7 Å². The van der Waals surface area contributed by atoms with Gasteiger partial charge in [0.1, 0.15) is 4.60 Å². The molecule has 0 fully saturated rings. The van der Waals surface area contributed by atoms with Gasteiger partial charge in [-0.05, 0) is 28.9 Å². The molecule has 2 aromatic rings. The first-order valence-electron chi connectivity index (χ1n) is 4.24. The number of fused-ring (bicyclic) bond motifs is 1. The van der Waals surface area contributed by atoms with Crippen molar-refractivity contribution in [1.82, 2.24) is 14.8 Å². The molecule has 5 nitrogen and oxygen atoms in total. The SMILES string of the molecule is Cc1nn(C)c2nc(Br)c(C(=O)O)cc12. The first kappa shape index (κ1) is 10.1. The Kier molecular flexibility index (Phi) is 2.22. The number of aryl methyl sites for hydroxylation is 2. The third kappa shape index (κ3) is 1.50. The molecule has 0 atom stereocenters. The highest BCUT2D eigenvalue weighted by Gasteiger charge is 2.14. The van der Waals surface area contributed by atoms with Crippen LogP contribution < -0.4 is 0 Å². The van der Waals surface area contributed by atoms with Crippen LogP contribution in [0.3, 0.4) is 0 Å². The Balaban J connectivity index is 2.85. The number of hydrogen-bond acceptors (Lipinski definition) is 3. The van der Waals surface area contributed by atoms with Crippen molar-refractivity contribution in [2.45, 2.75) is 6.92 Å². The van der Waals surface area contributed by atoms with E-state index >= 15 is 0 Å². The molecular formula is C9H8BrN3O2. The van der Waals surface area contributed by atoms with E-state index in [-0.39, 0.29) is 5.56 Å². The van der Waals surface area contributed by atoms with Crippen molar-refractivity contribution in [3.63, 3.8) is 0 Å². The summed E-state index contributed by atoms with van der Waals surface area (Å²) in [5, 5.41) is 13.9. The number of halogens is 1. The molecule has 1 N–H and O–H groups in total. The maximum atomic E-state index is 10.9. The maximum absolute atomic E-state index is 10.9. The van der Waals surface area contributed by atoms with E-state index in [0.717, 1.165) is 11.1 Å². The van der Waals surface area contributed by atoms with Crippen molar-refractivity contribution in [1.29, 1.82) is 0 Å². The summed E-state index contributed by atoms with van der Waals surface area (Å²) in [6.07, 6.45) is 0. The van der Waals surface area contributed by atoms with Gasteiger partial charge in [0.05, 0.1) is 11.3 Å². The van der Waals surface area contributed by atoms with Gasteiger partial charge in [0.2, 0.25) is 0 Å². The topological polar surface area (TPSA) is 68.0 Å². The summed E-state index contributed by atoms with van der Waals surface area (Å²) >= 11 is 3.13. The van der Waals surface area contributed by atoms with Crippen molar-refractivity contribution in [2.75, 3.05) is 0 Å². The van der Waals surface area contributed by atoms with Crippen LogP contribution in [0.2, 0.25) is 0 Å². The smallest absolute Gasteiger partial charge is 0.338 e.